The standard InChI is InChI=1S/C19H24N2O3/c1-11(22)18-17(13-6-8-14(9-7-13)21(4)5)16-12(2)24-20-15(16)10-19(18,3)23/h6-9,17-18,23H,10H2,1-5H3/t17-,18+,19+/m1/s1. The van der Waals surface area contributed by atoms with E-state index in [1.54, 1.807) is 13.8 Å². The molecule has 0 aliphatic heterocycles. The molecule has 0 saturated heterocycles. The molecule has 0 fully saturated rings. The van der Waals surface area contributed by atoms with Crippen LogP contribution >= 0.6 is 0 Å². The Morgan fingerprint density at radius 3 is 2.50 bits per heavy atom. The predicted molar refractivity (Wildman–Crippen MR) is 92.4 cm³/mol. The van der Waals surface area contributed by atoms with E-state index in [1.165, 1.54) is 0 Å². The number of aromatic nitrogens is 1. The lowest BCUT2D eigenvalue weighted by atomic mass is 9.64. The van der Waals surface area contributed by atoms with E-state index in [9.17, 15) is 9.90 Å². The van der Waals surface area contributed by atoms with Crippen molar-refractivity contribution >= 4 is 11.5 Å². The number of aryl methyl sites for hydroxylation is 1. The van der Waals surface area contributed by atoms with E-state index in [4.69, 9.17) is 4.52 Å². The van der Waals surface area contributed by atoms with Gasteiger partial charge >= 0.3 is 0 Å². The van der Waals surface area contributed by atoms with Crippen LogP contribution in [0.2, 0.25) is 0 Å². The van der Waals surface area contributed by atoms with Gasteiger partial charge in [-0.2, -0.15) is 0 Å². The zero-order valence-electron chi connectivity index (χ0n) is 14.8. The van der Waals surface area contributed by atoms with E-state index in [0.29, 0.717) is 12.2 Å². The number of carbonyl (C=O) groups excluding carboxylic acids is 1. The quantitative estimate of drug-likeness (QED) is 0.938. The third-order valence-electron chi connectivity index (χ3n) is 5.03. The SMILES string of the molecule is CC(=O)[C@H]1[C@H](c2ccc(N(C)C)cc2)c2c(noc2C)C[C@]1(C)O. The molecule has 0 radical (unpaired) electrons. The maximum atomic E-state index is 12.4. The van der Waals surface area contributed by atoms with Crippen LogP contribution in [0.5, 0.6) is 0 Å². The van der Waals surface area contributed by atoms with Gasteiger partial charge in [-0.1, -0.05) is 17.3 Å². The third-order valence-corrected chi connectivity index (χ3v) is 5.03. The zero-order chi connectivity index (χ0) is 17.6. The second-order valence-corrected chi connectivity index (χ2v) is 7.19. The summed E-state index contributed by atoms with van der Waals surface area (Å²) >= 11 is 0. The summed E-state index contributed by atoms with van der Waals surface area (Å²) < 4.78 is 5.37. The highest BCUT2D eigenvalue weighted by molar-refractivity contribution is 5.82. The molecule has 3 atom stereocenters. The molecule has 0 saturated carbocycles. The van der Waals surface area contributed by atoms with Crippen LogP contribution in [0, 0.1) is 12.8 Å². The zero-order valence-corrected chi connectivity index (χ0v) is 14.8. The number of benzene rings is 1. The predicted octanol–water partition coefficient (Wildman–Crippen LogP) is 2.69. The lowest BCUT2D eigenvalue weighted by Gasteiger charge is -2.40. The minimum absolute atomic E-state index is 0.0204. The van der Waals surface area contributed by atoms with E-state index < -0.39 is 11.5 Å². The van der Waals surface area contributed by atoms with Crippen molar-refractivity contribution in [1.82, 2.24) is 5.16 Å². The average molecular weight is 328 g/mol. The maximum Gasteiger partial charge on any atom is 0.137 e. The largest absolute Gasteiger partial charge is 0.389 e. The van der Waals surface area contributed by atoms with Gasteiger partial charge in [0.1, 0.15) is 11.5 Å². The Kier molecular flexibility index (Phi) is 4.00. The smallest absolute Gasteiger partial charge is 0.137 e. The molecule has 0 spiro atoms. The van der Waals surface area contributed by atoms with Crippen LogP contribution in [0.15, 0.2) is 28.8 Å². The Morgan fingerprint density at radius 1 is 1.33 bits per heavy atom. The molecule has 1 aliphatic rings. The van der Waals surface area contributed by atoms with Crippen molar-refractivity contribution in [1.29, 1.82) is 0 Å². The fraction of sp³-hybridized carbons (Fsp3) is 0.474. The van der Waals surface area contributed by atoms with Gasteiger partial charge in [-0.25, -0.2) is 0 Å². The van der Waals surface area contributed by atoms with Crippen LogP contribution in [-0.2, 0) is 11.2 Å². The first kappa shape index (κ1) is 16.7. The molecule has 1 N–H and O–H groups in total. The molecule has 0 bridgehead atoms. The summed E-state index contributed by atoms with van der Waals surface area (Å²) in [5, 5.41) is 15.0. The number of aliphatic hydroxyl groups is 1. The van der Waals surface area contributed by atoms with Gasteiger partial charge in [0.15, 0.2) is 0 Å². The van der Waals surface area contributed by atoms with E-state index in [2.05, 4.69) is 5.16 Å². The Bertz CT molecular complexity index is 759. The number of anilines is 1. The Morgan fingerprint density at radius 2 is 1.96 bits per heavy atom. The fourth-order valence-corrected chi connectivity index (χ4v) is 3.94. The van der Waals surface area contributed by atoms with Gasteiger partial charge in [0, 0.05) is 37.7 Å². The number of carbonyl (C=O) groups is 1. The number of fused-ring (bicyclic) bond motifs is 1. The van der Waals surface area contributed by atoms with Crippen LogP contribution < -0.4 is 4.90 Å². The second-order valence-electron chi connectivity index (χ2n) is 7.19. The minimum atomic E-state index is -1.15. The summed E-state index contributed by atoms with van der Waals surface area (Å²) in [5.41, 5.74) is 2.62. The number of nitrogens with zero attached hydrogens (tertiary/aromatic N) is 2. The molecule has 1 heterocycles. The van der Waals surface area contributed by atoms with E-state index in [-0.39, 0.29) is 11.7 Å². The van der Waals surface area contributed by atoms with Crippen LogP contribution in [-0.4, -0.2) is 35.7 Å². The molecule has 24 heavy (non-hydrogen) atoms. The van der Waals surface area contributed by atoms with Crippen LogP contribution in [0.25, 0.3) is 0 Å². The fourth-order valence-electron chi connectivity index (χ4n) is 3.94. The lowest BCUT2D eigenvalue weighted by molar-refractivity contribution is -0.130. The van der Waals surface area contributed by atoms with Crippen LogP contribution in [0.1, 0.15) is 42.3 Å². The molecule has 1 aliphatic carbocycles. The number of ketones is 1. The van der Waals surface area contributed by atoms with Crippen LogP contribution in [0.4, 0.5) is 5.69 Å². The van der Waals surface area contributed by atoms with Gasteiger partial charge in [0.2, 0.25) is 0 Å². The highest BCUT2D eigenvalue weighted by Crippen LogP contribution is 2.47. The first-order chi connectivity index (χ1) is 11.2. The van der Waals surface area contributed by atoms with Gasteiger partial charge < -0.3 is 14.5 Å². The topological polar surface area (TPSA) is 66.6 Å². The highest BCUT2D eigenvalue weighted by Gasteiger charge is 2.49. The maximum absolute atomic E-state index is 12.4. The van der Waals surface area contributed by atoms with Crippen molar-refractivity contribution in [2.75, 3.05) is 19.0 Å². The molecule has 1 aromatic heterocycles. The van der Waals surface area contributed by atoms with Crippen LogP contribution in [0.3, 0.4) is 0 Å². The Labute approximate surface area is 142 Å². The molecule has 2 aromatic rings. The molecule has 3 rings (SSSR count). The third kappa shape index (κ3) is 2.63. The molecule has 5 nitrogen and oxygen atoms in total. The Balaban J connectivity index is 2.17. The second kappa shape index (κ2) is 5.74. The number of hydrogen-bond donors (Lipinski definition) is 1. The van der Waals surface area contributed by atoms with Crippen molar-refractivity contribution in [2.45, 2.75) is 38.7 Å². The van der Waals surface area contributed by atoms with E-state index in [1.807, 2.05) is 50.2 Å². The molecular formula is C19H24N2O3. The monoisotopic (exact) mass is 328 g/mol. The lowest BCUT2D eigenvalue weighted by Crippen LogP contribution is -2.48. The highest BCUT2D eigenvalue weighted by atomic mass is 16.5. The molecule has 0 unspecified atom stereocenters. The minimum Gasteiger partial charge on any atom is -0.389 e. The van der Waals surface area contributed by atoms with Gasteiger partial charge in [-0.3, -0.25) is 4.79 Å². The van der Waals surface area contributed by atoms with Gasteiger partial charge in [-0.05, 0) is 38.5 Å². The van der Waals surface area contributed by atoms with Crippen molar-refractivity contribution in [3.63, 3.8) is 0 Å². The molecule has 128 valence electrons. The summed E-state index contributed by atoms with van der Waals surface area (Å²) in [6.07, 6.45) is 0.330. The number of rotatable bonds is 3. The summed E-state index contributed by atoms with van der Waals surface area (Å²) in [6.45, 7) is 5.13. The summed E-state index contributed by atoms with van der Waals surface area (Å²) in [7, 11) is 3.97. The van der Waals surface area contributed by atoms with Crippen molar-refractivity contribution < 1.29 is 14.4 Å². The summed E-state index contributed by atoms with van der Waals surface area (Å²) in [4.78, 5) is 14.4. The molecule has 5 heteroatoms. The van der Waals surface area contributed by atoms with E-state index in [0.717, 1.165) is 22.5 Å². The molecular weight excluding hydrogens is 304 g/mol. The van der Waals surface area contributed by atoms with Gasteiger partial charge in [-0.15, -0.1) is 0 Å². The van der Waals surface area contributed by atoms with Gasteiger partial charge in [0.05, 0.1) is 17.2 Å². The summed E-state index contributed by atoms with van der Waals surface area (Å²) in [6, 6.07) is 8.10. The average Bonchev–Trinajstić information content (AvgIpc) is 2.85. The first-order valence-corrected chi connectivity index (χ1v) is 8.17. The van der Waals surface area contributed by atoms with E-state index >= 15 is 0 Å². The molecule has 1 aromatic carbocycles. The van der Waals surface area contributed by atoms with Crippen molar-refractivity contribution in [3.8, 4) is 0 Å². The summed E-state index contributed by atoms with van der Waals surface area (Å²) in [5.74, 6) is -0.0709. The number of hydrogen-bond acceptors (Lipinski definition) is 5. The van der Waals surface area contributed by atoms with Crippen molar-refractivity contribution in [3.05, 3.63) is 46.8 Å². The Hall–Kier alpha value is -2.14. The normalized spacial score (nSPS) is 26.1. The molecule has 0 amide bonds. The van der Waals surface area contributed by atoms with Gasteiger partial charge in [0.25, 0.3) is 0 Å². The van der Waals surface area contributed by atoms with Crippen molar-refractivity contribution in [2.24, 2.45) is 5.92 Å². The first-order valence-electron chi connectivity index (χ1n) is 8.17. The number of Topliss-reactive ketones (excluding diaryl/α,β-unsaturated/α-hetero) is 1.